The summed E-state index contributed by atoms with van der Waals surface area (Å²) < 4.78 is 0. The molecule has 74 valence electrons. The SMILES string of the molecule is O=C(O)C[C@@H]1CCN[C@H](C(=O)O)C1. The van der Waals surface area contributed by atoms with E-state index in [-0.39, 0.29) is 12.3 Å². The van der Waals surface area contributed by atoms with Crippen molar-refractivity contribution in [3.63, 3.8) is 0 Å². The first kappa shape index (κ1) is 9.98. The molecule has 5 heteroatoms. The molecule has 0 amide bonds. The summed E-state index contributed by atoms with van der Waals surface area (Å²) in [5, 5.41) is 20.0. The van der Waals surface area contributed by atoms with Crippen LogP contribution in [0.1, 0.15) is 19.3 Å². The Hall–Kier alpha value is -1.10. The van der Waals surface area contributed by atoms with Gasteiger partial charge in [0.2, 0.25) is 0 Å². The minimum absolute atomic E-state index is 0.000139. The zero-order valence-electron chi connectivity index (χ0n) is 7.19. The smallest absolute Gasteiger partial charge is 0.320 e. The van der Waals surface area contributed by atoms with Gasteiger partial charge in [-0.2, -0.15) is 0 Å². The first-order chi connectivity index (χ1) is 6.09. The van der Waals surface area contributed by atoms with E-state index in [0.717, 1.165) is 6.42 Å². The minimum Gasteiger partial charge on any atom is -0.481 e. The average molecular weight is 187 g/mol. The minimum atomic E-state index is -0.893. The van der Waals surface area contributed by atoms with Crippen LogP contribution in [0.2, 0.25) is 0 Å². The summed E-state index contributed by atoms with van der Waals surface area (Å²) >= 11 is 0. The van der Waals surface area contributed by atoms with Crippen molar-refractivity contribution in [2.24, 2.45) is 5.92 Å². The molecule has 0 aromatic carbocycles. The highest BCUT2D eigenvalue weighted by atomic mass is 16.4. The Kier molecular flexibility index (Phi) is 3.25. The summed E-state index contributed by atoms with van der Waals surface area (Å²) in [5.74, 6) is -1.74. The van der Waals surface area contributed by atoms with Gasteiger partial charge >= 0.3 is 11.9 Å². The lowest BCUT2D eigenvalue weighted by Crippen LogP contribution is -2.43. The van der Waals surface area contributed by atoms with Gasteiger partial charge < -0.3 is 15.5 Å². The molecule has 0 aliphatic carbocycles. The Morgan fingerprint density at radius 3 is 2.62 bits per heavy atom. The largest absolute Gasteiger partial charge is 0.481 e. The van der Waals surface area contributed by atoms with Gasteiger partial charge in [0.15, 0.2) is 0 Å². The fourth-order valence-corrected chi connectivity index (χ4v) is 1.62. The summed E-state index contributed by atoms with van der Waals surface area (Å²) in [5.41, 5.74) is 0. The molecule has 1 rings (SSSR count). The zero-order chi connectivity index (χ0) is 9.84. The van der Waals surface area contributed by atoms with Gasteiger partial charge in [-0.05, 0) is 25.3 Å². The van der Waals surface area contributed by atoms with E-state index >= 15 is 0 Å². The molecule has 0 saturated carbocycles. The standard InChI is InChI=1S/C8H13NO4/c10-7(11)4-5-1-2-9-6(3-5)8(12)13/h5-6,9H,1-4H2,(H,10,11)(H,12,13)/t5-,6+/m1/s1. The second-order valence-corrected chi connectivity index (χ2v) is 3.33. The zero-order valence-corrected chi connectivity index (χ0v) is 7.19. The van der Waals surface area contributed by atoms with E-state index in [9.17, 15) is 9.59 Å². The molecule has 1 heterocycles. The maximum absolute atomic E-state index is 10.6. The molecule has 5 nitrogen and oxygen atoms in total. The van der Waals surface area contributed by atoms with Crippen LogP contribution in [-0.2, 0) is 9.59 Å². The van der Waals surface area contributed by atoms with Crippen molar-refractivity contribution in [1.29, 1.82) is 0 Å². The Morgan fingerprint density at radius 2 is 2.08 bits per heavy atom. The van der Waals surface area contributed by atoms with Crippen molar-refractivity contribution in [3.8, 4) is 0 Å². The highest BCUT2D eigenvalue weighted by Gasteiger charge is 2.27. The van der Waals surface area contributed by atoms with Gasteiger partial charge in [0.05, 0.1) is 0 Å². The molecule has 0 aromatic rings. The normalized spacial score (nSPS) is 28.3. The van der Waals surface area contributed by atoms with Crippen LogP contribution in [0.3, 0.4) is 0 Å². The lowest BCUT2D eigenvalue weighted by Gasteiger charge is -2.26. The topological polar surface area (TPSA) is 86.6 Å². The average Bonchev–Trinajstić information content (AvgIpc) is 2.03. The Balaban J connectivity index is 2.41. The lowest BCUT2D eigenvalue weighted by atomic mass is 9.90. The molecule has 3 N–H and O–H groups in total. The number of rotatable bonds is 3. The number of aliphatic carboxylic acids is 2. The molecule has 0 aromatic heterocycles. The van der Waals surface area contributed by atoms with E-state index in [4.69, 9.17) is 10.2 Å². The molecular weight excluding hydrogens is 174 g/mol. The number of carboxylic acid groups (broad SMARTS) is 2. The van der Waals surface area contributed by atoms with Gasteiger partial charge in [0.25, 0.3) is 0 Å². The maximum atomic E-state index is 10.6. The molecule has 13 heavy (non-hydrogen) atoms. The molecule has 0 bridgehead atoms. The summed E-state index contributed by atoms with van der Waals surface area (Å²) in [6, 6.07) is -0.571. The highest BCUT2D eigenvalue weighted by Crippen LogP contribution is 2.19. The van der Waals surface area contributed by atoms with Crippen LogP contribution < -0.4 is 5.32 Å². The first-order valence-electron chi connectivity index (χ1n) is 4.27. The number of hydrogen-bond donors (Lipinski definition) is 3. The van der Waals surface area contributed by atoms with Crippen LogP contribution in [0.4, 0.5) is 0 Å². The summed E-state index contributed by atoms with van der Waals surface area (Å²) in [6.07, 6.45) is 1.24. The van der Waals surface area contributed by atoms with E-state index in [1.807, 2.05) is 0 Å². The second-order valence-electron chi connectivity index (χ2n) is 3.33. The van der Waals surface area contributed by atoms with Crippen molar-refractivity contribution >= 4 is 11.9 Å². The molecule has 0 unspecified atom stereocenters. The van der Waals surface area contributed by atoms with Crippen LogP contribution in [-0.4, -0.2) is 34.7 Å². The molecule has 1 saturated heterocycles. The van der Waals surface area contributed by atoms with Gasteiger partial charge in [0, 0.05) is 6.42 Å². The Labute approximate surface area is 75.7 Å². The summed E-state index contributed by atoms with van der Waals surface area (Å²) in [4.78, 5) is 21.0. The number of hydrogen-bond acceptors (Lipinski definition) is 3. The predicted molar refractivity (Wildman–Crippen MR) is 44.4 cm³/mol. The van der Waals surface area contributed by atoms with E-state index in [1.165, 1.54) is 0 Å². The quantitative estimate of drug-likeness (QED) is 0.575. The van der Waals surface area contributed by atoms with Gasteiger partial charge in [-0.1, -0.05) is 0 Å². The third kappa shape index (κ3) is 3.02. The van der Waals surface area contributed by atoms with Crippen molar-refractivity contribution < 1.29 is 19.8 Å². The van der Waals surface area contributed by atoms with Crippen LogP contribution in [0, 0.1) is 5.92 Å². The van der Waals surface area contributed by atoms with Crippen LogP contribution in [0.15, 0.2) is 0 Å². The lowest BCUT2D eigenvalue weighted by molar-refractivity contribution is -0.143. The third-order valence-corrected chi connectivity index (χ3v) is 2.27. The number of carbonyl (C=O) groups is 2. The molecule has 2 atom stereocenters. The number of nitrogens with one attached hydrogen (secondary N) is 1. The second kappa shape index (κ2) is 4.23. The van der Waals surface area contributed by atoms with E-state index in [2.05, 4.69) is 5.32 Å². The molecule has 0 radical (unpaired) electrons. The van der Waals surface area contributed by atoms with Crippen LogP contribution >= 0.6 is 0 Å². The van der Waals surface area contributed by atoms with Gasteiger partial charge in [-0.15, -0.1) is 0 Å². The van der Waals surface area contributed by atoms with Crippen molar-refractivity contribution in [2.75, 3.05) is 6.54 Å². The molecule has 0 spiro atoms. The first-order valence-corrected chi connectivity index (χ1v) is 4.27. The van der Waals surface area contributed by atoms with E-state index in [0.29, 0.717) is 13.0 Å². The maximum Gasteiger partial charge on any atom is 0.320 e. The predicted octanol–water partition coefficient (Wildman–Crippen LogP) is -0.0861. The van der Waals surface area contributed by atoms with Crippen LogP contribution in [0.25, 0.3) is 0 Å². The monoisotopic (exact) mass is 187 g/mol. The molecule has 1 aliphatic heterocycles. The van der Waals surface area contributed by atoms with Gasteiger partial charge in [-0.3, -0.25) is 9.59 Å². The van der Waals surface area contributed by atoms with Crippen molar-refractivity contribution in [2.45, 2.75) is 25.3 Å². The fraction of sp³-hybridized carbons (Fsp3) is 0.750. The van der Waals surface area contributed by atoms with Gasteiger partial charge in [-0.25, -0.2) is 0 Å². The number of piperidine rings is 1. The third-order valence-electron chi connectivity index (χ3n) is 2.27. The highest BCUT2D eigenvalue weighted by molar-refractivity contribution is 5.74. The Morgan fingerprint density at radius 1 is 1.38 bits per heavy atom. The van der Waals surface area contributed by atoms with Crippen molar-refractivity contribution in [3.05, 3.63) is 0 Å². The van der Waals surface area contributed by atoms with E-state index < -0.39 is 18.0 Å². The van der Waals surface area contributed by atoms with Crippen LogP contribution in [0.5, 0.6) is 0 Å². The van der Waals surface area contributed by atoms with E-state index in [1.54, 1.807) is 0 Å². The fourth-order valence-electron chi connectivity index (χ4n) is 1.62. The summed E-state index contributed by atoms with van der Waals surface area (Å²) in [6.45, 7) is 0.592. The number of carboxylic acids is 2. The van der Waals surface area contributed by atoms with Gasteiger partial charge in [0.1, 0.15) is 6.04 Å². The Bertz CT molecular complexity index is 216. The molecular formula is C8H13NO4. The molecule has 1 fully saturated rings. The van der Waals surface area contributed by atoms with Crippen molar-refractivity contribution in [1.82, 2.24) is 5.32 Å². The molecule has 1 aliphatic rings. The summed E-state index contributed by atoms with van der Waals surface area (Å²) in [7, 11) is 0.